The van der Waals surface area contributed by atoms with Gasteiger partial charge in [-0.05, 0) is 49.9 Å². The Balaban J connectivity index is 0.000000810. The maximum atomic E-state index is 3.51. The summed E-state index contributed by atoms with van der Waals surface area (Å²) < 4.78 is 0. The van der Waals surface area contributed by atoms with Crippen LogP contribution in [0.15, 0.2) is 24.3 Å². The predicted octanol–water partition coefficient (Wildman–Crippen LogP) is 2.89. The first-order valence-electron chi connectivity index (χ1n) is 6.47. The van der Waals surface area contributed by atoms with Gasteiger partial charge in [0.25, 0.3) is 0 Å². The molecule has 2 aliphatic rings. The minimum Gasteiger partial charge on any atom is -0.371 e. The number of anilines is 1. The van der Waals surface area contributed by atoms with Crippen LogP contribution in [0.2, 0.25) is 0 Å². The third-order valence-electron chi connectivity index (χ3n) is 3.86. The summed E-state index contributed by atoms with van der Waals surface area (Å²) in [5.41, 5.74) is 3.01. The normalized spacial score (nSPS) is 21.8. The molecular weight excluding hydrogens is 267 g/mol. The zero-order chi connectivity index (χ0) is 10.8. The number of nitrogens with zero attached hydrogens (tertiary/aromatic N) is 1. The number of para-hydroxylation sites is 1. The van der Waals surface area contributed by atoms with Gasteiger partial charge >= 0.3 is 0 Å². The molecule has 2 nitrogen and oxygen atoms in total. The summed E-state index contributed by atoms with van der Waals surface area (Å²) >= 11 is 0. The van der Waals surface area contributed by atoms with Crippen molar-refractivity contribution in [3.63, 3.8) is 0 Å². The van der Waals surface area contributed by atoms with Gasteiger partial charge in [-0.3, -0.25) is 0 Å². The van der Waals surface area contributed by atoms with Gasteiger partial charge in [-0.2, -0.15) is 0 Å². The Labute approximate surface area is 122 Å². The van der Waals surface area contributed by atoms with Crippen molar-refractivity contribution < 1.29 is 0 Å². The Bertz CT molecular complexity index is 365. The summed E-state index contributed by atoms with van der Waals surface area (Å²) in [5, 5.41) is 3.51. The molecule has 1 unspecified atom stereocenters. The molecule has 1 N–H and O–H groups in total. The second-order valence-electron chi connectivity index (χ2n) is 5.04. The van der Waals surface area contributed by atoms with Crippen molar-refractivity contribution in [2.45, 2.75) is 19.3 Å². The summed E-state index contributed by atoms with van der Waals surface area (Å²) in [7, 11) is 0. The summed E-state index contributed by atoms with van der Waals surface area (Å²) in [6, 6.07) is 8.87. The number of piperidine rings is 1. The Hall–Kier alpha value is -0.440. The second kappa shape index (κ2) is 7.22. The smallest absolute Gasteiger partial charge is 0.0399 e. The quantitative estimate of drug-likeness (QED) is 0.900. The van der Waals surface area contributed by atoms with E-state index in [2.05, 4.69) is 34.5 Å². The Morgan fingerprint density at radius 3 is 2.83 bits per heavy atom. The first-order chi connectivity index (χ1) is 7.93. The molecule has 1 aromatic carbocycles. The number of rotatable bonds is 2. The van der Waals surface area contributed by atoms with E-state index in [1.807, 2.05) is 0 Å². The highest BCUT2D eigenvalue weighted by Gasteiger charge is 2.22. The number of fused-ring (bicyclic) bond motifs is 1. The molecule has 0 amide bonds. The molecule has 4 heteroatoms. The topological polar surface area (TPSA) is 15.3 Å². The predicted molar refractivity (Wildman–Crippen MR) is 82.4 cm³/mol. The minimum absolute atomic E-state index is 0. The highest BCUT2D eigenvalue weighted by atomic mass is 35.5. The Kier molecular flexibility index (Phi) is 6.27. The second-order valence-corrected chi connectivity index (χ2v) is 5.04. The van der Waals surface area contributed by atoms with Crippen molar-refractivity contribution in [3.05, 3.63) is 29.8 Å². The van der Waals surface area contributed by atoms with Crippen LogP contribution in [0.1, 0.15) is 18.4 Å². The van der Waals surface area contributed by atoms with Crippen LogP contribution < -0.4 is 10.2 Å². The largest absolute Gasteiger partial charge is 0.371 e. The molecule has 0 radical (unpaired) electrons. The van der Waals surface area contributed by atoms with Gasteiger partial charge in [0.15, 0.2) is 0 Å². The zero-order valence-corrected chi connectivity index (χ0v) is 12.2. The molecule has 0 spiro atoms. The van der Waals surface area contributed by atoms with E-state index in [1.165, 1.54) is 56.7 Å². The van der Waals surface area contributed by atoms with Crippen LogP contribution in [0.3, 0.4) is 0 Å². The molecule has 0 saturated carbocycles. The number of halogens is 2. The number of benzene rings is 1. The number of hydrogen-bond donors (Lipinski definition) is 1. The fourth-order valence-electron chi connectivity index (χ4n) is 2.99. The van der Waals surface area contributed by atoms with Crippen molar-refractivity contribution in [3.8, 4) is 0 Å². The van der Waals surface area contributed by atoms with Crippen LogP contribution in [0.25, 0.3) is 0 Å². The third kappa shape index (κ3) is 3.31. The minimum atomic E-state index is 0. The fourth-order valence-corrected chi connectivity index (χ4v) is 2.99. The molecule has 102 valence electrons. The van der Waals surface area contributed by atoms with Crippen molar-refractivity contribution in [2.24, 2.45) is 5.92 Å². The van der Waals surface area contributed by atoms with Gasteiger partial charge in [-0.15, -0.1) is 24.8 Å². The molecule has 1 fully saturated rings. The lowest BCUT2D eigenvalue weighted by Gasteiger charge is -2.29. The first kappa shape index (κ1) is 15.6. The lowest BCUT2D eigenvalue weighted by atomic mass is 9.99. The SMILES string of the molecule is Cl.Cl.c1ccc2c(c1)CCN2CC1CCCNC1. The summed E-state index contributed by atoms with van der Waals surface area (Å²) in [5.74, 6) is 0.847. The molecule has 0 aliphatic carbocycles. The van der Waals surface area contributed by atoms with Gasteiger partial charge in [0, 0.05) is 18.8 Å². The van der Waals surface area contributed by atoms with E-state index in [0.717, 1.165) is 5.92 Å². The van der Waals surface area contributed by atoms with Crippen LogP contribution >= 0.6 is 24.8 Å². The third-order valence-corrected chi connectivity index (χ3v) is 3.86. The number of nitrogens with one attached hydrogen (secondary N) is 1. The van der Waals surface area contributed by atoms with E-state index < -0.39 is 0 Å². The average Bonchev–Trinajstić information content (AvgIpc) is 2.74. The van der Waals surface area contributed by atoms with Gasteiger partial charge in [-0.25, -0.2) is 0 Å². The van der Waals surface area contributed by atoms with E-state index in [1.54, 1.807) is 0 Å². The van der Waals surface area contributed by atoms with Gasteiger partial charge in [0.2, 0.25) is 0 Å². The Morgan fingerprint density at radius 2 is 2.06 bits per heavy atom. The van der Waals surface area contributed by atoms with E-state index in [9.17, 15) is 0 Å². The van der Waals surface area contributed by atoms with E-state index >= 15 is 0 Å². The lowest BCUT2D eigenvalue weighted by Crippen LogP contribution is -2.37. The fraction of sp³-hybridized carbons (Fsp3) is 0.571. The van der Waals surface area contributed by atoms with Crippen LogP contribution in [0.4, 0.5) is 5.69 Å². The van der Waals surface area contributed by atoms with Crippen molar-refractivity contribution >= 4 is 30.5 Å². The van der Waals surface area contributed by atoms with Crippen molar-refractivity contribution in [2.75, 3.05) is 31.1 Å². The van der Waals surface area contributed by atoms with Crippen LogP contribution in [-0.4, -0.2) is 26.2 Å². The zero-order valence-electron chi connectivity index (χ0n) is 10.6. The maximum absolute atomic E-state index is 3.51. The highest BCUT2D eigenvalue weighted by molar-refractivity contribution is 5.85. The first-order valence-corrected chi connectivity index (χ1v) is 6.47. The molecule has 1 saturated heterocycles. The summed E-state index contributed by atoms with van der Waals surface area (Å²) in [6.07, 6.45) is 3.97. The van der Waals surface area contributed by atoms with Crippen molar-refractivity contribution in [1.29, 1.82) is 0 Å². The molecule has 18 heavy (non-hydrogen) atoms. The average molecular weight is 289 g/mol. The maximum Gasteiger partial charge on any atom is 0.0399 e. The van der Waals surface area contributed by atoms with Gasteiger partial charge < -0.3 is 10.2 Å². The Morgan fingerprint density at radius 1 is 1.22 bits per heavy atom. The highest BCUT2D eigenvalue weighted by Crippen LogP contribution is 2.28. The van der Waals surface area contributed by atoms with Crippen molar-refractivity contribution in [1.82, 2.24) is 5.32 Å². The van der Waals surface area contributed by atoms with E-state index in [0.29, 0.717) is 0 Å². The molecule has 0 aromatic heterocycles. The summed E-state index contributed by atoms with van der Waals surface area (Å²) in [4.78, 5) is 2.58. The monoisotopic (exact) mass is 288 g/mol. The molecule has 0 bridgehead atoms. The van der Waals surface area contributed by atoms with E-state index in [4.69, 9.17) is 0 Å². The molecule has 1 aromatic rings. The lowest BCUT2D eigenvalue weighted by molar-refractivity contribution is 0.378. The van der Waals surface area contributed by atoms with Gasteiger partial charge in [-0.1, -0.05) is 18.2 Å². The van der Waals surface area contributed by atoms with Crippen LogP contribution in [0, 0.1) is 5.92 Å². The molecule has 2 heterocycles. The van der Waals surface area contributed by atoms with E-state index in [-0.39, 0.29) is 24.8 Å². The molecule has 2 aliphatic heterocycles. The summed E-state index contributed by atoms with van der Waals surface area (Å²) in [6.45, 7) is 4.88. The molecule has 3 rings (SSSR count). The van der Waals surface area contributed by atoms with Gasteiger partial charge in [0.1, 0.15) is 0 Å². The van der Waals surface area contributed by atoms with Crippen LogP contribution in [-0.2, 0) is 6.42 Å². The van der Waals surface area contributed by atoms with Crippen LogP contribution in [0.5, 0.6) is 0 Å². The molecule has 1 atom stereocenters. The van der Waals surface area contributed by atoms with Gasteiger partial charge in [0.05, 0.1) is 0 Å². The number of hydrogen-bond acceptors (Lipinski definition) is 2. The molecular formula is C14H22Cl2N2. The standard InChI is InChI=1S/C14H20N2.2ClH/c1-2-6-14-13(5-1)7-9-16(14)11-12-4-3-8-15-10-12;;/h1-2,5-6,12,15H,3-4,7-11H2;2*1H.